The molecule has 0 N–H and O–H groups in total. The minimum atomic E-state index is 0.0492. The number of nitrogens with zero attached hydrogens (tertiary/aromatic N) is 12. The van der Waals surface area contributed by atoms with Crippen molar-refractivity contribution in [2.24, 2.45) is 53.3 Å². The van der Waals surface area contributed by atoms with Crippen LogP contribution in [0.4, 0.5) is 0 Å². The van der Waals surface area contributed by atoms with Crippen LogP contribution < -0.4 is 0 Å². The van der Waals surface area contributed by atoms with Gasteiger partial charge in [0, 0.05) is 170 Å². The maximum Gasteiger partial charge on any atom is 0.248 e. The molecule has 1 aromatic rings. The number of pyridine rings is 1. The van der Waals surface area contributed by atoms with E-state index in [1.807, 2.05) is 173 Å². The number of carbonyl (C=O) groups excluding carboxylic acids is 9. The first-order chi connectivity index (χ1) is 55.5. The molecule has 6 unspecified atom stereocenters. The number of hydrogen-bond acceptors (Lipinski definition) is 18. The number of piperidine rings is 1. The number of allylic oxidation sites excluding steroid dienone is 1. The summed E-state index contributed by atoms with van der Waals surface area (Å²) in [6.45, 7) is 63.9. The van der Waals surface area contributed by atoms with Crippen LogP contribution in [0.15, 0.2) is 43.1 Å². The Morgan fingerprint density at radius 3 is 1.21 bits per heavy atom. The molecule has 27 nitrogen and oxygen atoms in total. The van der Waals surface area contributed by atoms with Crippen molar-refractivity contribution in [1.82, 2.24) is 59.0 Å². The predicted molar refractivity (Wildman–Crippen MR) is 457 cm³/mol. The highest BCUT2D eigenvalue weighted by Crippen LogP contribution is 2.32. The molecular weight excluding hydrogens is 1490 g/mol. The second-order valence-electron chi connectivity index (χ2n) is 35.7. The third kappa shape index (κ3) is 32.5. The van der Waals surface area contributed by atoms with E-state index >= 15 is 0 Å². The average Bonchev–Trinajstić information content (AvgIpc) is 1.80. The van der Waals surface area contributed by atoms with Gasteiger partial charge in [-0.3, -0.25) is 53.0 Å². The monoisotopic (exact) mass is 1650 g/mol. The van der Waals surface area contributed by atoms with Gasteiger partial charge in [0.05, 0.1) is 102 Å². The number of piperazine rings is 2. The molecule has 11 fully saturated rings. The quantitative estimate of drug-likeness (QED) is 0.176. The zero-order chi connectivity index (χ0) is 86.8. The van der Waals surface area contributed by atoms with Crippen LogP contribution in [0.1, 0.15) is 226 Å². The number of methoxy groups -OCH3 is 1. The smallest absolute Gasteiger partial charge is 0.248 e. The van der Waals surface area contributed by atoms with Crippen molar-refractivity contribution in [3.05, 3.63) is 54.3 Å². The molecule has 0 saturated carbocycles. The van der Waals surface area contributed by atoms with E-state index in [0.717, 1.165) is 201 Å². The van der Waals surface area contributed by atoms with Gasteiger partial charge in [0.25, 0.3) is 0 Å². The minimum absolute atomic E-state index is 0.0492. The number of likely N-dealkylation sites (tertiary alicyclic amines) is 2. The van der Waals surface area contributed by atoms with Crippen LogP contribution in [0.25, 0.3) is 0 Å². The van der Waals surface area contributed by atoms with E-state index < -0.39 is 0 Å². The Morgan fingerprint density at radius 2 is 0.803 bits per heavy atom. The van der Waals surface area contributed by atoms with E-state index in [4.69, 9.17) is 28.5 Å². The second kappa shape index (κ2) is 51.6. The summed E-state index contributed by atoms with van der Waals surface area (Å²) in [7, 11) is 1.62. The molecule has 0 aliphatic carbocycles. The lowest BCUT2D eigenvalue weighted by molar-refractivity contribution is -0.200. The molecular formula is C90H156N12O15. The molecule has 1 aromatic heterocycles. The summed E-state index contributed by atoms with van der Waals surface area (Å²) in [5.41, 5.74) is 3.32. The lowest BCUT2D eigenvalue weighted by atomic mass is 9.93. The molecule has 0 aromatic carbocycles. The fourth-order valence-corrected chi connectivity index (χ4v) is 15.9. The molecule has 13 heterocycles. The minimum Gasteiger partial charge on any atom is -0.483 e. The first-order valence-corrected chi connectivity index (χ1v) is 44.5. The fourth-order valence-electron chi connectivity index (χ4n) is 15.9. The Kier molecular flexibility index (Phi) is 44.4. The van der Waals surface area contributed by atoms with E-state index in [9.17, 15) is 43.2 Å². The molecule has 9 amide bonds. The molecule has 666 valence electrons. The number of carbonyl (C=O) groups is 9. The van der Waals surface area contributed by atoms with Crippen molar-refractivity contribution in [3.8, 4) is 0 Å². The maximum absolute atomic E-state index is 12.0. The van der Waals surface area contributed by atoms with Crippen LogP contribution in [0.3, 0.4) is 0 Å². The molecule has 117 heavy (non-hydrogen) atoms. The number of fused-ring (bicyclic) bond motifs is 7. The number of rotatable bonds is 12. The van der Waals surface area contributed by atoms with Gasteiger partial charge in [-0.2, -0.15) is 0 Å². The maximum atomic E-state index is 12.0. The Morgan fingerprint density at radius 1 is 0.393 bits per heavy atom. The molecule has 6 atom stereocenters. The molecule has 11 saturated heterocycles. The number of hydrogen-bond donors (Lipinski definition) is 0. The largest absolute Gasteiger partial charge is 0.483 e. The zero-order valence-electron chi connectivity index (χ0n) is 76.0. The van der Waals surface area contributed by atoms with Crippen molar-refractivity contribution in [1.29, 1.82) is 0 Å². The van der Waals surface area contributed by atoms with Crippen molar-refractivity contribution < 1.29 is 71.7 Å². The lowest BCUT2D eigenvalue weighted by Gasteiger charge is -2.46. The highest BCUT2D eigenvalue weighted by Gasteiger charge is 2.43. The van der Waals surface area contributed by atoms with Crippen LogP contribution in [0, 0.1) is 53.3 Å². The zero-order valence-corrected chi connectivity index (χ0v) is 76.0. The van der Waals surface area contributed by atoms with E-state index in [1.54, 1.807) is 13.3 Å². The summed E-state index contributed by atoms with van der Waals surface area (Å²) in [5, 5.41) is 1.49. The van der Waals surface area contributed by atoms with Crippen molar-refractivity contribution >= 4 is 53.2 Å². The summed E-state index contributed by atoms with van der Waals surface area (Å²) in [6.07, 6.45) is 17.0. The van der Waals surface area contributed by atoms with Gasteiger partial charge in [-0.15, -0.1) is 0 Å². The Balaban J connectivity index is 0.000000235. The number of aromatic nitrogens is 1. The number of hydroxylamine groups is 2. The van der Waals surface area contributed by atoms with Gasteiger partial charge in [0.1, 0.15) is 0 Å². The van der Waals surface area contributed by atoms with Crippen molar-refractivity contribution in [3.63, 3.8) is 0 Å². The van der Waals surface area contributed by atoms with E-state index in [0.29, 0.717) is 79.7 Å². The second-order valence-corrected chi connectivity index (χ2v) is 35.7. The van der Waals surface area contributed by atoms with Gasteiger partial charge in [-0.05, 0) is 95.8 Å². The molecule has 6 bridgehead atoms. The highest BCUT2D eigenvalue weighted by atomic mass is 16.7. The van der Waals surface area contributed by atoms with Crippen LogP contribution in [0.5, 0.6) is 0 Å². The summed E-state index contributed by atoms with van der Waals surface area (Å²) in [6, 6.07) is 5.79. The number of amides is 9. The van der Waals surface area contributed by atoms with Crippen LogP contribution >= 0.6 is 0 Å². The van der Waals surface area contributed by atoms with Gasteiger partial charge >= 0.3 is 0 Å². The van der Waals surface area contributed by atoms with Crippen molar-refractivity contribution in [2.45, 2.75) is 264 Å². The van der Waals surface area contributed by atoms with E-state index in [2.05, 4.69) is 37.7 Å². The number of morpholine rings is 3. The van der Waals surface area contributed by atoms with Gasteiger partial charge in [0.15, 0.2) is 5.88 Å². The summed E-state index contributed by atoms with van der Waals surface area (Å²) < 4.78 is 26.7. The van der Waals surface area contributed by atoms with Crippen LogP contribution in [0.2, 0.25) is 0 Å². The first-order valence-electron chi connectivity index (χ1n) is 44.5. The normalized spacial score (nSPS) is 22.7. The molecule has 0 spiro atoms. The Hall–Kier alpha value is -6.94. The van der Waals surface area contributed by atoms with Crippen LogP contribution in [-0.4, -0.2) is 300 Å². The fraction of sp³-hybridized carbons (Fsp3) is 0.800. The average molecular weight is 1650 g/mol. The van der Waals surface area contributed by atoms with Gasteiger partial charge in [0.2, 0.25) is 53.2 Å². The van der Waals surface area contributed by atoms with Crippen molar-refractivity contribution in [2.75, 3.05) is 152 Å². The molecule has 0 radical (unpaired) electrons. The predicted octanol–water partition coefficient (Wildman–Crippen LogP) is 11.0. The molecule has 12 aliphatic rings. The van der Waals surface area contributed by atoms with Gasteiger partial charge < -0.3 is 72.7 Å². The Labute approximate surface area is 704 Å². The third-order valence-corrected chi connectivity index (χ3v) is 22.9. The SMILES string of the molecule is C=C(C)N1CCN(C(=O)C(C)C)CC1.C=C(OC)N1CCN(C(=O)C(C)C)CC1.CC(C)C(=O)N1C2CCC1COC2.CC(C)C(=O)N1C2CCCC1COC2.CC(C)C(=O)N1CC2CC1CO2.CC(C)C(=O)N1CCCCCC1.CC(C)C(=O)N1CCCCO1.CC(C)C(=O)N1CCCOCC1.CC(C)C(=O)N1Cc2cccnc2C1. The highest BCUT2D eigenvalue weighted by molar-refractivity contribution is 5.82. The van der Waals surface area contributed by atoms with Gasteiger partial charge in [-0.1, -0.05) is 150 Å². The standard InChI is InChI=1S/C11H20N2O2.C11H14N2O.C11H20N2O.C11H19NO2.C10H17NO2.C10H19NO.C9H15NO2.C9H17NO2.C8H15NO2/c1-9(2)11(14)13-7-5-12(6-8-13)10(3)15-4;1-8(2)11(14)13-6-9-4-3-5-12-10(9)7-13;1-9(2)11(14)13-7-5-12(6-8-13)10(3)4;1-8(2)11(13)12-9-4-3-5-10(12)7-14-6-9;1-7(2)10(12)11-8-3-4-9(11)6-13-5-8;1-9(2)10(12)11-7-5-3-4-6-8-11;1-6(2)9(11)10-4-8-3-7(10)5-12-8;1-8(2)9(11)10-4-3-6-12-7-5-10;1-7(2)8(10)9-5-3-4-6-11-9/h9H,3,5-8H2,1-2,4H3;3-5,8H,6-7H2,1-2H3;9H,3,5-8H2,1-2,4H3;8-10H,3-7H2,1-2H3;7-9H,3-6H2,1-2H3;9H,3-8H2,1-2H3;6-8H,3-5H2,1-2H3;8H,3-7H2,1-2H3;7H,3-6H2,1-2H3. The molecule has 12 aliphatic heterocycles. The topological polar surface area (TPSA) is 258 Å². The third-order valence-electron chi connectivity index (χ3n) is 22.9. The summed E-state index contributed by atoms with van der Waals surface area (Å²) in [4.78, 5) is 134. The van der Waals surface area contributed by atoms with E-state index in [1.165, 1.54) is 42.7 Å². The Bertz CT molecular complexity index is 3120. The lowest BCUT2D eigenvalue weighted by Crippen LogP contribution is -2.58. The summed E-state index contributed by atoms with van der Waals surface area (Å²) in [5.74, 6) is 3.96. The van der Waals surface area contributed by atoms with Crippen LogP contribution in [-0.2, 0) is 84.8 Å². The van der Waals surface area contributed by atoms with E-state index in [-0.39, 0.29) is 88.7 Å². The first kappa shape index (κ1) is 101. The summed E-state index contributed by atoms with van der Waals surface area (Å²) >= 11 is 0. The molecule has 27 heteroatoms. The molecule has 13 rings (SSSR count). The number of ether oxygens (including phenoxy) is 5. The van der Waals surface area contributed by atoms with Gasteiger partial charge in [-0.25, -0.2) is 5.06 Å².